The first-order valence-corrected chi connectivity index (χ1v) is 6.75. The molecule has 0 saturated carbocycles. The monoisotopic (exact) mass is 338 g/mol. The van der Waals surface area contributed by atoms with Gasteiger partial charge in [-0.15, -0.1) is 0 Å². The van der Waals surface area contributed by atoms with Crippen molar-refractivity contribution in [1.82, 2.24) is 4.98 Å². The number of benzene rings is 1. The summed E-state index contributed by atoms with van der Waals surface area (Å²) in [7, 11) is 0. The summed E-state index contributed by atoms with van der Waals surface area (Å²) in [6.45, 7) is 1.87. The lowest BCUT2D eigenvalue weighted by Gasteiger charge is -2.09. The molecule has 2 N–H and O–H groups in total. The molecule has 0 bridgehead atoms. The van der Waals surface area contributed by atoms with E-state index in [1.54, 1.807) is 12.1 Å². The van der Waals surface area contributed by atoms with Crippen molar-refractivity contribution in [3.63, 3.8) is 0 Å². The number of halogens is 2. The number of anilines is 2. The summed E-state index contributed by atoms with van der Waals surface area (Å²) >= 11 is 3.25. The summed E-state index contributed by atoms with van der Waals surface area (Å²) in [6, 6.07) is 7.34. The number of aromatic carboxylic acids is 1. The van der Waals surface area contributed by atoms with Gasteiger partial charge in [0.1, 0.15) is 11.6 Å². The SMILES string of the molecule is CCc1cc(C(=O)O)cc(Nc2cc(Br)ccc2F)n1. The minimum Gasteiger partial charge on any atom is -0.478 e. The van der Waals surface area contributed by atoms with E-state index in [0.29, 0.717) is 22.4 Å². The zero-order chi connectivity index (χ0) is 14.7. The Balaban J connectivity index is 2.39. The Morgan fingerprint density at radius 1 is 1.40 bits per heavy atom. The molecular weight excluding hydrogens is 327 g/mol. The van der Waals surface area contributed by atoms with Gasteiger partial charge in [-0.25, -0.2) is 14.2 Å². The minimum absolute atomic E-state index is 0.120. The van der Waals surface area contributed by atoms with E-state index in [0.717, 1.165) is 0 Å². The number of carboxylic acid groups (broad SMARTS) is 1. The molecule has 0 unspecified atom stereocenters. The second-order valence-electron chi connectivity index (χ2n) is 4.14. The van der Waals surface area contributed by atoms with Gasteiger partial charge in [0.05, 0.1) is 11.3 Å². The number of carboxylic acids is 1. The first kappa shape index (κ1) is 14.5. The van der Waals surface area contributed by atoms with Gasteiger partial charge in [-0.2, -0.15) is 0 Å². The van der Waals surface area contributed by atoms with Crippen molar-refractivity contribution in [2.45, 2.75) is 13.3 Å². The van der Waals surface area contributed by atoms with Crippen molar-refractivity contribution in [2.24, 2.45) is 0 Å². The summed E-state index contributed by atoms with van der Waals surface area (Å²) in [5.41, 5.74) is 0.981. The Kier molecular flexibility index (Phi) is 4.34. The predicted molar refractivity (Wildman–Crippen MR) is 78.0 cm³/mol. The van der Waals surface area contributed by atoms with Crippen LogP contribution in [0.25, 0.3) is 0 Å². The fourth-order valence-electron chi connectivity index (χ4n) is 1.69. The maximum atomic E-state index is 13.7. The maximum absolute atomic E-state index is 13.7. The lowest BCUT2D eigenvalue weighted by atomic mass is 10.2. The standard InChI is InChI=1S/C14H12BrFN2O2/c1-2-10-5-8(14(19)20)6-13(17-10)18-12-7-9(15)3-4-11(12)16/h3-7H,2H2,1H3,(H,17,18)(H,19,20). The second kappa shape index (κ2) is 6.00. The highest BCUT2D eigenvalue weighted by Crippen LogP contribution is 2.24. The number of nitrogens with one attached hydrogen (secondary N) is 1. The van der Waals surface area contributed by atoms with Crippen molar-refractivity contribution in [3.05, 3.63) is 51.9 Å². The molecule has 104 valence electrons. The van der Waals surface area contributed by atoms with Gasteiger partial charge in [-0.05, 0) is 36.8 Å². The van der Waals surface area contributed by atoms with Crippen molar-refractivity contribution < 1.29 is 14.3 Å². The summed E-state index contributed by atoms with van der Waals surface area (Å²) in [5.74, 6) is -1.17. The largest absolute Gasteiger partial charge is 0.478 e. The molecule has 4 nitrogen and oxygen atoms in total. The van der Waals surface area contributed by atoms with Crippen LogP contribution >= 0.6 is 15.9 Å². The summed E-state index contributed by atoms with van der Waals surface area (Å²) in [4.78, 5) is 15.3. The number of nitrogens with zero attached hydrogens (tertiary/aromatic N) is 1. The summed E-state index contributed by atoms with van der Waals surface area (Å²) < 4.78 is 14.4. The van der Waals surface area contributed by atoms with Crippen LogP contribution < -0.4 is 5.32 Å². The third-order valence-electron chi connectivity index (χ3n) is 2.68. The average molecular weight is 339 g/mol. The highest BCUT2D eigenvalue weighted by atomic mass is 79.9. The Morgan fingerprint density at radius 2 is 2.15 bits per heavy atom. The highest BCUT2D eigenvalue weighted by molar-refractivity contribution is 9.10. The quantitative estimate of drug-likeness (QED) is 0.884. The van der Waals surface area contributed by atoms with Crippen LogP contribution in [0.4, 0.5) is 15.9 Å². The number of carbonyl (C=O) groups is 1. The van der Waals surface area contributed by atoms with Gasteiger partial charge in [0.25, 0.3) is 0 Å². The van der Waals surface area contributed by atoms with E-state index in [9.17, 15) is 9.18 Å². The normalized spacial score (nSPS) is 10.3. The van der Waals surface area contributed by atoms with Crippen LogP contribution in [-0.2, 0) is 6.42 Å². The molecule has 1 heterocycles. The van der Waals surface area contributed by atoms with Crippen LogP contribution in [0.5, 0.6) is 0 Å². The lowest BCUT2D eigenvalue weighted by molar-refractivity contribution is 0.0696. The number of aryl methyl sites for hydroxylation is 1. The predicted octanol–water partition coefficient (Wildman–Crippen LogP) is 3.99. The molecule has 0 aliphatic rings. The van der Waals surface area contributed by atoms with Gasteiger partial charge in [0.2, 0.25) is 0 Å². The Morgan fingerprint density at radius 3 is 2.80 bits per heavy atom. The van der Waals surface area contributed by atoms with E-state index in [1.807, 2.05) is 6.92 Å². The zero-order valence-electron chi connectivity index (χ0n) is 10.7. The lowest BCUT2D eigenvalue weighted by Crippen LogP contribution is -2.04. The number of hydrogen-bond donors (Lipinski definition) is 2. The van der Waals surface area contributed by atoms with Crippen molar-refractivity contribution in [3.8, 4) is 0 Å². The fraction of sp³-hybridized carbons (Fsp3) is 0.143. The third-order valence-corrected chi connectivity index (χ3v) is 3.17. The van der Waals surface area contributed by atoms with Crippen LogP contribution in [0.1, 0.15) is 23.0 Å². The molecule has 0 spiro atoms. The molecule has 2 rings (SSSR count). The molecule has 2 aromatic rings. The Hall–Kier alpha value is -1.95. The smallest absolute Gasteiger partial charge is 0.335 e. The maximum Gasteiger partial charge on any atom is 0.335 e. The van der Waals surface area contributed by atoms with Gasteiger partial charge < -0.3 is 10.4 Å². The van der Waals surface area contributed by atoms with Gasteiger partial charge in [0.15, 0.2) is 0 Å². The molecule has 6 heteroatoms. The van der Waals surface area contributed by atoms with Gasteiger partial charge >= 0.3 is 5.97 Å². The van der Waals surface area contributed by atoms with Crippen molar-refractivity contribution in [1.29, 1.82) is 0 Å². The number of aromatic nitrogens is 1. The highest BCUT2D eigenvalue weighted by Gasteiger charge is 2.10. The van der Waals surface area contributed by atoms with Gasteiger partial charge in [-0.3, -0.25) is 0 Å². The van der Waals surface area contributed by atoms with E-state index in [4.69, 9.17) is 5.11 Å². The molecule has 0 fully saturated rings. The molecule has 0 atom stereocenters. The molecule has 0 radical (unpaired) electrons. The van der Waals surface area contributed by atoms with Crippen LogP contribution in [-0.4, -0.2) is 16.1 Å². The van der Waals surface area contributed by atoms with E-state index in [-0.39, 0.29) is 11.3 Å². The molecule has 1 aromatic carbocycles. The number of rotatable bonds is 4. The van der Waals surface area contributed by atoms with Crippen LogP contribution in [0, 0.1) is 5.82 Å². The molecule has 0 saturated heterocycles. The van der Waals surface area contributed by atoms with Gasteiger partial charge in [0, 0.05) is 10.2 Å². The fourth-order valence-corrected chi connectivity index (χ4v) is 2.05. The van der Waals surface area contributed by atoms with Crippen LogP contribution in [0.3, 0.4) is 0 Å². The molecule has 0 amide bonds. The van der Waals surface area contributed by atoms with Crippen molar-refractivity contribution in [2.75, 3.05) is 5.32 Å². The molecule has 1 aromatic heterocycles. The van der Waals surface area contributed by atoms with Crippen LogP contribution in [0.15, 0.2) is 34.8 Å². The first-order valence-electron chi connectivity index (χ1n) is 5.96. The van der Waals surface area contributed by atoms with E-state index in [2.05, 4.69) is 26.2 Å². The first-order chi connectivity index (χ1) is 9.49. The summed E-state index contributed by atoms with van der Waals surface area (Å²) in [6.07, 6.45) is 0.594. The zero-order valence-corrected chi connectivity index (χ0v) is 12.2. The molecule has 0 aliphatic carbocycles. The number of hydrogen-bond acceptors (Lipinski definition) is 3. The molecule has 0 aliphatic heterocycles. The second-order valence-corrected chi connectivity index (χ2v) is 5.06. The van der Waals surface area contributed by atoms with Crippen molar-refractivity contribution >= 4 is 33.4 Å². The topological polar surface area (TPSA) is 62.2 Å². The number of pyridine rings is 1. The Labute approximate surface area is 123 Å². The van der Waals surface area contributed by atoms with E-state index < -0.39 is 11.8 Å². The Bertz CT molecular complexity index is 662. The van der Waals surface area contributed by atoms with E-state index in [1.165, 1.54) is 18.2 Å². The van der Waals surface area contributed by atoms with E-state index >= 15 is 0 Å². The summed E-state index contributed by atoms with van der Waals surface area (Å²) in [5, 5.41) is 11.9. The van der Waals surface area contributed by atoms with Gasteiger partial charge in [-0.1, -0.05) is 22.9 Å². The minimum atomic E-state index is -1.04. The molecular formula is C14H12BrFN2O2. The molecule has 20 heavy (non-hydrogen) atoms. The third kappa shape index (κ3) is 3.33. The average Bonchev–Trinajstić information content (AvgIpc) is 2.42. The van der Waals surface area contributed by atoms with Crippen LogP contribution in [0.2, 0.25) is 0 Å².